The molecule has 0 aliphatic heterocycles. The molecule has 10 heteroatoms. The molecule has 0 aliphatic rings. The molecule has 0 bridgehead atoms. The van der Waals surface area contributed by atoms with E-state index < -0.39 is 40.9 Å². The van der Waals surface area contributed by atoms with Crippen molar-refractivity contribution in [1.29, 1.82) is 0 Å². The van der Waals surface area contributed by atoms with Crippen LogP contribution in [0.3, 0.4) is 0 Å². The quantitative estimate of drug-likeness (QED) is 0.460. The summed E-state index contributed by atoms with van der Waals surface area (Å²) < 4.78 is 57.8. The number of aliphatic hydroxyl groups excluding tert-OH is 3. The Morgan fingerprint density at radius 1 is 1.00 bits per heavy atom. The van der Waals surface area contributed by atoms with Crippen molar-refractivity contribution in [2.75, 3.05) is 19.8 Å². The molecule has 0 rings (SSSR count). The van der Waals surface area contributed by atoms with E-state index in [0.29, 0.717) is 0 Å². The van der Waals surface area contributed by atoms with Crippen molar-refractivity contribution in [2.45, 2.75) is 11.0 Å². The van der Waals surface area contributed by atoms with Crippen molar-refractivity contribution in [3.8, 4) is 0 Å². The van der Waals surface area contributed by atoms with Gasteiger partial charge in [0.05, 0.1) is 19.8 Å². The number of halogens is 3. The molecule has 0 saturated carbocycles. The molecule has 0 aromatic rings. The summed E-state index contributed by atoms with van der Waals surface area (Å²) >= 11 is 0. The van der Waals surface area contributed by atoms with Gasteiger partial charge in [-0.3, -0.25) is 0 Å². The second kappa shape index (κ2) is 4.61. The summed E-state index contributed by atoms with van der Waals surface area (Å²) in [6.07, 6.45) is 0. The molecule has 15 heavy (non-hydrogen) atoms. The van der Waals surface area contributed by atoms with E-state index in [4.69, 9.17) is 15.3 Å². The number of nitrogens with one attached hydrogen (secondary N) is 1. The van der Waals surface area contributed by atoms with E-state index in [1.165, 1.54) is 0 Å². The number of hydrogen-bond acceptors (Lipinski definition) is 5. The van der Waals surface area contributed by atoms with Crippen LogP contribution in [0.15, 0.2) is 0 Å². The molecule has 0 unspecified atom stereocenters. The first kappa shape index (κ1) is 14.6. The first-order chi connectivity index (χ1) is 6.64. The second-order valence-corrected chi connectivity index (χ2v) is 4.48. The monoisotopic (exact) mass is 253 g/mol. The molecule has 6 nitrogen and oxygen atoms in total. The summed E-state index contributed by atoms with van der Waals surface area (Å²) in [7, 11) is -5.72. The molecular formula is C5H10F3NO5S. The Labute approximate surface area is 83.4 Å². The summed E-state index contributed by atoms with van der Waals surface area (Å²) in [6, 6.07) is 0. The zero-order valence-corrected chi connectivity index (χ0v) is 8.14. The molecule has 0 fully saturated rings. The second-order valence-electron chi connectivity index (χ2n) is 2.81. The number of aliphatic hydroxyl groups is 3. The molecule has 0 spiro atoms. The zero-order valence-electron chi connectivity index (χ0n) is 7.32. The van der Waals surface area contributed by atoms with Gasteiger partial charge in [-0.05, 0) is 0 Å². The van der Waals surface area contributed by atoms with Crippen molar-refractivity contribution >= 4 is 10.0 Å². The molecule has 0 saturated heterocycles. The minimum absolute atomic E-state index is 0.993. The Morgan fingerprint density at radius 3 is 1.53 bits per heavy atom. The van der Waals surface area contributed by atoms with Crippen LogP contribution < -0.4 is 4.72 Å². The van der Waals surface area contributed by atoms with Crippen LogP contribution in [-0.2, 0) is 10.0 Å². The standard InChI is InChI=1S/C5H10F3NO5S/c6-5(7,8)15(13,14)9-4(1-10,2-11)3-12/h9-12H,1-3H2. The van der Waals surface area contributed by atoms with Gasteiger partial charge in [-0.2, -0.15) is 17.9 Å². The fraction of sp³-hybridized carbons (Fsp3) is 1.00. The van der Waals surface area contributed by atoms with Gasteiger partial charge in [-0.15, -0.1) is 0 Å². The van der Waals surface area contributed by atoms with Crippen LogP contribution in [0.25, 0.3) is 0 Å². The van der Waals surface area contributed by atoms with Crippen molar-refractivity contribution in [3.63, 3.8) is 0 Å². The predicted molar refractivity (Wildman–Crippen MR) is 42.1 cm³/mol. The number of sulfonamides is 1. The predicted octanol–water partition coefficient (Wildman–Crippen LogP) is -1.86. The number of hydrogen-bond donors (Lipinski definition) is 4. The number of alkyl halides is 3. The average Bonchev–Trinajstić information content (AvgIpc) is 2.12. The van der Waals surface area contributed by atoms with Gasteiger partial charge in [0.2, 0.25) is 0 Å². The molecule has 0 aromatic heterocycles. The van der Waals surface area contributed by atoms with Gasteiger partial charge in [0.1, 0.15) is 5.54 Å². The van der Waals surface area contributed by atoms with Crippen LogP contribution in [0.5, 0.6) is 0 Å². The maximum absolute atomic E-state index is 11.9. The van der Waals surface area contributed by atoms with Gasteiger partial charge in [0.25, 0.3) is 0 Å². The lowest BCUT2D eigenvalue weighted by Crippen LogP contribution is -2.59. The SMILES string of the molecule is O=S(=O)(NC(CO)(CO)CO)C(F)(F)F. The fourth-order valence-electron chi connectivity index (χ4n) is 0.590. The van der Waals surface area contributed by atoms with Crippen molar-refractivity contribution < 1.29 is 36.9 Å². The minimum Gasteiger partial charge on any atom is -0.394 e. The zero-order chi connectivity index (χ0) is 12.3. The lowest BCUT2D eigenvalue weighted by molar-refractivity contribution is -0.0474. The third-order valence-corrected chi connectivity index (χ3v) is 2.87. The third-order valence-electron chi connectivity index (χ3n) is 1.56. The van der Waals surface area contributed by atoms with Crippen LogP contribution in [-0.4, -0.2) is 54.6 Å². The normalized spacial score (nSPS) is 14.3. The maximum Gasteiger partial charge on any atom is 0.511 e. The average molecular weight is 253 g/mol. The minimum atomic E-state index is -5.72. The Bertz CT molecular complexity index is 288. The van der Waals surface area contributed by atoms with Gasteiger partial charge in [0, 0.05) is 0 Å². The van der Waals surface area contributed by atoms with E-state index in [9.17, 15) is 21.6 Å². The Morgan fingerprint density at radius 2 is 1.33 bits per heavy atom. The Hall–Kier alpha value is -0.420. The van der Waals surface area contributed by atoms with Crippen LogP contribution in [0, 0.1) is 0 Å². The van der Waals surface area contributed by atoms with E-state index in [0.717, 1.165) is 4.72 Å². The molecule has 0 radical (unpaired) electrons. The highest BCUT2D eigenvalue weighted by molar-refractivity contribution is 7.90. The Balaban J connectivity index is 5.00. The van der Waals surface area contributed by atoms with Gasteiger partial charge < -0.3 is 15.3 Å². The van der Waals surface area contributed by atoms with Crippen LogP contribution >= 0.6 is 0 Å². The summed E-state index contributed by atoms with van der Waals surface area (Å²) in [5.41, 5.74) is -7.90. The smallest absolute Gasteiger partial charge is 0.394 e. The number of rotatable bonds is 5. The summed E-state index contributed by atoms with van der Waals surface area (Å²) in [5, 5.41) is 25.8. The van der Waals surface area contributed by atoms with Crippen molar-refractivity contribution in [1.82, 2.24) is 4.72 Å². The third kappa shape index (κ3) is 3.28. The molecule has 0 amide bonds. The highest BCUT2D eigenvalue weighted by Gasteiger charge is 2.50. The van der Waals surface area contributed by atoms with Gasteiger partial charge in [0.15, 0.2) is 0 Å². The maximum atomic E-state index is 11.9. The van der Waals surface area contributed by atoms with E-state index in [-0.39, 0.29) is 0 Å². The summed E-state index contributed by atoms with van der Waals surface area (Å²) in [6.45, 7) is -3.51. The van der Waals surface area contributed by atoms with Crippen LogP contribution in [0.2, 0.25) is 0 Å². The molecular weight excluding hydrogens is 243 g/mol. The van der Waals surface area contributed by atoms with Crippen LogP contribution in [0.4, 0.5) is 13.2 Å². The van der Waals surface area contributed by atoms with E-state index in [1.54, 1.807) is 0 Å². The highest BCUT2D eigenvalue weighted by atomic mass is 32.2. The van der Waals surface area contributed by atoms with Crippen molar-refractivity contribution in [3.05, 3.63) is 0 Å². The van der Waals surface area contributed by atoms with Gasteiger partial charge in [-0.25, -0.2) is 8.42 Å². The molecule has 0 aliphatic carbocycles. The molecule has 0 heterocycles. The molecule has 0 atom stereocenters. The van der Waals surface area contributed by atoms with Gasteiger partial charge in [-0.1, -0.05) is 0 Å². The fourth-order valence-corrected chi connectivity index (χ4v) is 1.47. The molecule has 0 aromatic carbocycles. The Kier molecular flexibility index (Phi) is 4.49. The summed E-state index contributed by atoms with van der Waals surface area (Å²) in [4.78, 5) is 0. The van der Waals surface area contributed by atoms with E-state index in [2.05, 4.69) is 0 Å². The van der Waals surface area contributed by atoms with E-state index >= 15 is 0 Å². The topological polar surface area (TPSA) is 107 Å². The lowest BCUT2D eigenvalue weighted by Gasteiger charge is -2.28. The van der Waals surface area contributed by atoms with E-state index in [1.807, 2.05) is 0 Å². The van der Waals surface area contributed by atoms with Crippen molar-refractivity contribution in [2.24, 2.45) is 0 Å². The highest BCUT2D eigenvalue weighted by Crippen LogP contribution is 2.23. The summed E-state index contributed by atoms with van der Waals surface area (Å²) in [5.74, 6) is 0. The van der Waals surface area contributed by atoms with Gasteiger partial charge >= 0.3 is 15.5 Å². The molecule has 4 N–H and O–H groups in total. The largest absolute Gasteiger partial charge is 0.511 e. The lowest BCUT2D eigenvalue weighted by atomic mass is 10.1. The first-order valence-electron chi connectivity index (χ1n) is 3.57. The first-order valence-corrected chi connectivity index (χ1v) is 5.05. The van der Waals surface area contributed by atoms with Crippen LogP contribution in [0.1, 0.15) is 0 Å². The molecule has 92 valence electrons.